The van der Waals surface area contributed by atoms with Crippen LogP contribution in [0.1, 0.15) is 12.0 Å². The molecule has 0 radical (unpaired) electrons. The lowest BCUT2D eigenvalue weighted by atomic mass is 10.2. The molecule has 0 aliphatic carbocycles. The standard InChI is InChI=1S/C12H9NO5S/c14-10(15)4-9-11(16)13-12(19-9)6-1-2-7-8(3-6)18-5-17-7/h1-3,9H,4-5H2,(H,14,15). The molecule has 1 amide bonds. The Morgan fingerprint density at radius 1 is 1.42 bits per heavy atom. The van der Waals surface area contributed by atoms with Crippen LogP contribution in [0.15, 0.2) is 23.2 Å². The van der Waals surface area contributed by atoms with E-state index >= 15 is 0 Å². The summed E-state index contributed by atoms with van der Waals surface area (Å²) in [5.41, 5.74) is 0.732. The molecule has 0 fully saturated rings. The average molecular weight is 279 g/mol. The van der Waals surface area contributed by atoms with E-state index in [2.05, 4.69) is 4.99 Å². The number of carboxylic acid groups (broad SMARTS) is 1. The van der Waals surface area contributed by atoms with Crippen molar-refractivity contribution < 1.29 is 24.2 Å². The second kappa shape index (κ2) is 4.58. The Kier molecular flexibility index (Phi) is 2.90. The Labute approximate surface area is 112 Å². The highest BCUT2D eigenvalue weighted by Crippen LogP contribution is 2.36. The third-order valence-electron chi connectivity index (χ3n) is 2.72. The highest BCUT2D eigenvalue weighted by atomic mass is 32.2. The second-order valence-electron chi connectivity index (χ2n) is 4.03. The average Bonchev–Trinajstić information content (AvgIpc) is 2.95. The van der Waals surface area contributed by atoms with E-state index < -0.39 is 17.1 Å². The van der Waals surface area contributed by atoms with E-state index in [9.17, 15) is 9.59 Å². The molecule has 1 aromatic carbocycles. The van der Waals surface area contributed by atoms with Crippen molar-refractivity contribution in [1.82, 2.24) is 0 Å². The zero-order valence-corrected chi connectivity index (χ0v) is 10.5. The number of amides is 1. The summed E-state index contributed by atoms with van der Waals surface area (Å²) in [5, 5.41) is 8.60. The van der Waals surface area contributed by atoms with Crippen LogP contribution < -0.4 is 9.47 Å². The van der Waals surface area contributed by atoms with Gasteiger partial charge in [-0.2, -0.15) is 0 Å². The van der Waals surface area contributed by atoms with E-state index in [1.165, 1.54) is 11.8 Å². The predicted molar refractivity (Wildman–Crippen MR) is 67.7 cm³/mol. The number of ether oxygens (including phenoxy) is 2. The lowest BCUT2D eigenvalue weighted by Gasteiger charge is -2.04. The monoisotopic (exact) mass is 279 g/mol. The number of carboxylic acids is 1. The molecule has 1 atom stereocenters. The van der Waals surface area contributed by atoms with Crippen molar-refractivity contribution in [2.45, 2.75) is 11.7 Å². The summed E-state index contributed by atoms with van der Waals surface area (Å²) in [6.45, 7) is 0.180. The largest absolute Gasteiger partial charge is 0.481 e. The SMILES string of the molecule is O=C(O)CC1SC(c2ccc3c(c2)OCO3)=NC1=O. The fraction of sp³-hybridized carbons (Fsp3) is 0.250. The topological polar surface area (TPSA) is 85.2 Å². The molecule has 2 aliphatic rings. The molecule has 0 saturated carbocycles. The van der Waals surface area contributed by atoms with Crippen molar-refractivity contribution >= 4 is 28.7 Å². The molecule has 1 aromatic rings. The van der Waals surface area contributed by atoms with Crippen molar-refractivity contribution in [2.75, 3.05) is 6.79 Å². The van der Waals surface area contributed by atoms with Crippen LogP contribution in [0.4, 0.5) is 0 Å². The molecule has 3 rings (SSSR count). The summed E-state index contributed by atoms with van der Waals surface area (Å²) in [6, 6.07) is 5.26. The lowest BCUT2D eigenvalue weighted by Crippen LogP contribution is -2.15. The van der Waals surface area contributed by atoms with Gasteiger partial charge in [0.2, 0.25) is 6.79 Å². The van der Waals surface area contributed by atoms with Gasteiger partial charge < -0.3 is 14.6 Å². The van der Waals surface area contributed by atoms with Gasteiger partial charge in [-0.05, 0) is 18.2 Å². The zero-order chi connectivity index (χ0) is 13.4. The molecule has 0 saturated heterocycles. The van der Waals surface area contributed by atoms with Crippen LogP contribution in [0.3, 0.4) is 0 Å². The second-order valence-corrected chi connectivity index (χ2v) is 5.22. The maximum Gasteiger partial charge on any atom is 0.305 e. The number of hydrogen-bond donors (Lipinski definition) is 1. The first-order valence-electron chi connectivity index (χ1n) is 5.54. The van der Waals surface area contributed by atoms with Crippen molar-refractivity contribution in [2.24, 2.45) is 4.99 Å². The quantitative estimate of drug-likeness (QED) is 0.897. The molecule has 0 spiro atoms. The Balaban J connectivity index is 1.82. The van der Waals surface area contributed by atoms with Gasteiger partial charge in [-0.15, -0.1) is 0 Å². The van der Waals surface area contributed by atoms with E-state index in [-0.39, 0.29) is 13.2 Å². The van der Waals surface area contributed by atoms with Crippen molar-refractivity contribution in [3.63, 3.8) is 0 Å². The normalized spacial score (nSPS) is 20.5. The number of thioether (sulfide) groups is 1. The molecular formula is C12H9NO5S. The summed E-state index contributed by atoms with van der Waals surface area (Å²) in [7, 11) is 0. The van der Waals surface area contributed by atoms with Crippen LogP contribution in [-0.2, 0) is 9.59 Å². The minimum absolute atomic E-state index is 0.180. The fourth-order valence-electron chi connectivity index (χ4n) is 1.83. The molecule has 1 N–H and O–H groups in total. The highest BCUT2D eigenvalue weighted by molar-refractivity contribution is 8.16. The first-order chi connectivity index (χ1) is 9.13. The van der Waals surface area contributed by atoms with Crippen molar-refractivity contribution in [1.29, 1.82) is 0 Å². The number of benzene rings is 1. The highest BCUT2D eigenvalue weighted by Gasteiger charge is 2.31. The van der Waals surface area contributed by atoms with Crippen LogP contribution >= 0.6 is 11.8 Å². The van der Waals surface area contributed by atoms with E-state index in [1.54, 1.807) is 18.2 Å². The van der Waals surface area contributed by atoms with Gasteiger partial charge in [-0.1, -0.05) is 11.8 Å². The van der Waals surface area contributed by atoms with Crippen LogP contribution in [0.5, 0.6) is 11.5 Å². The van der Waals surface area contributed by atoms with Crippen LogP contribution in [0, 0.1) is 0 Å². The van der Waals surface area contributed by atoms with Gasteiger partial charge >= 0.3 is 5.97 Å². The van der Waals surface area contributed by atoms with Crippen molar-refractivity contribution in [3.8, 4) is 11.5 Å². The van der Waals surface area contributed by atoms with E-state index in [4.69, 9.17) is 14.6 Å². The number of rotatable bonds is 3. The number of carbonyl (C=O) groups is 2. The molecular weight excluding hydrogens is 270 g/mol. The van der Waals surface area contributed by atoms with Crippen LogP contribution in [0.2, 0.25) is 0 Å². The van der Waals surface area contributed by atoms with Gasteiger partial charge in [0.1, 0.15) is 10.3 Å². The van der Waals surface area contributed by atoms with Gasteiger partial charge in [0.25, 0.3) is 5.91 Å². The zero-order valence-electron chi connectivity index (χ0n) is 9.66. The summed E-state index contributed by atoms with van der Waals surface area (Å²) in [5.74, 6) is -0.149. The molecule has 7 heteroatoms. The minimum atomic E-state index is -1.01. The van der Waals surface area contributed by atoms with E-state index in [1.807, 2.05) is 0 Å². The summed E-state index contributed by atoms with van der Waals surface area (Å²) < 4.78 is 10.4. The van der Waals surface area contributed by atoms with Gasteiger partial charge in [-0.3, -0.25) is 9.59 Å². The fourth-order valence-corrected chi connectivity index (χ4v) is 2.89. The van der Waals surface area contributed by atoms with Crippen LogP contribution in [0.25, 0.3) is 0 Å². The first kappa shape index (κ1) is 12.0. The van der Waals surface area contributed by atoms with Crippen molar-refractivity contribution in [3.05, 3.63) is 23.8 Å². The maximum absolute atomic E-state index is 11.6. The molecule has 2 aliphatic heterocycles. The molecule has 2 heterocycles. The Morgan fingerprint density at radius 3 is 3.00 bits per heavy atom. The summed E-state index contributed by atoms with van der Waals surface area (Å²) >= 11 is 1.17. The number of nitrogens with zero attached hydrogens (tertiary/aromatic N) is 1. The number of aliphatic imine (C=N–C) groups is 1. The number of fused-ring (bicyclic) bond motifs is 1. The lowest BCUT2D eigenvalue weighted by molar-refractivity contribution is -0.138. The Morgan fingerprint density at radius 2 is 2.21 bits per heavy atom. The van der Waals surface area contributed by atoms with E-state index in [0.717, 1.165) is 5.56 Å². The van der Waals surface area contributed by atoms with E-state index in [0.29, 0.717) is 16.5 Å². The molecule has 19 heavy (non-hydrogen) atoms. The van der Waals surface area contributed by atoms with Gasteiger partial charge in [0.15, 0.2) is 11.5 Å². The third kappa shape index (κ3) is 2.28. The smallest absolute Gasteiger partial charge is 0.305 e. The summed E-state index contributed by atoms with van der Waals surface area (Å²) in [6.07, 6.45) is -0.221. The predicted octanol–water partition coefficient (Wildman–Crippen LogP) is 1.28. The van der Waals surface area contributed by atoms with Gasteiger partial charge in [0, 0.05) is 5.56 Å². The Bertz CT molecular complexity index is 598. The maximum atomic E-state index is 11.6. The number of hydrogen-bond acceptors (Lipinski definition) is 5. The van der Waals surface area contributed by atoms with Crippen LogP contribution in [-0.4, -0.2) is 34.1 Å². The molecule has 1 unspecified atom stereocenters. The molecule has 0 bridgehead atoms. The minimum Gasteiger partial charge on any atom is -0.481 e. The number of carbonyl (C=O) groups excluding carboxylic acids is 1. The van der Waals surface area contributed by atoms with Gasteiger partial charge in [-0.25, -0.2) is 4.99 Å². The Hall–Kier alpha value is -2.02. The molecule has 0 aromatic heterocycles. The van der Waals surface area contributed by atoms with Gasteiger partial charge in [0.05, 0.1) is 6.42 Å². The third-order valence-corrected chi connectivity index (χ3v) is 3.92. The number of aliphatic carboxylic acids is 1. The summed E-state index contributed by atoms with van der Waals surface area (Å²) in [4.78, 5) is 26.1. The molecule has 6 nitrogen and oxygen atoms in total. The first-order valence-corrected chi connectivity index (χ1v) is 6.42. The molecule has 98 valence electrons.